The molecule has 0 aromatic heterocycles. The highest BCUT2D eigenvalue weighted by molar-refractivity contribution is 5.97. The number of carbonyl (C=O) groups is 8. The minimum atomic E-state index is -1.02. The topological polar surface area (TPSA) is 277 Å². The molecule has 1 heterocycles. The maximum atomic E-state index is 14.6. The standard InChI is InChI=1S/C54H86N10O10/c1-12-35(6)48(43(73-11)30-45(66)64-27-17-20-41(64)28-36(7)49(67)58-37(8)29-38-18-14-13-15-19-38)62(9)52(70)46(33(2)3)61-51(69)47(34(4)5)63(10)54(72)74-32-39-22-24-40(25-23-39)59-50(68)42(60-44(65)31-55)21-16-26-57-53(56)71/h13-15,18-19,22-25,33-37,41-43,46-48H,12,16-17,20-21,26-32,55H2,1-11H3,(H,58,67)(H,59,68)(H,60,65)(H,61,69)(H3,56,57,71)/t35-,36+,37+,41-,42-,43+,46-,47-,48-/m0/s1. The van der Waals surface area contributed by atoms with E-state index in [-0.39, 0.29) is 86.0 Å². The molecule has 1 aliphatic rings. The number of primary amides is 1. The Morgan fingerprint density at radius 2 is 1.47 bits per heavy atom. The predicted octanol–water partition coefficient (Wildman–Crippen LogP) is 4.29. The highest BCUT2D eigenvalue weighted by Crippen LogP contribution is 2.29. The number of hydrogen-bond acceptors (Lipinski definition) is 11. The molecular weight excluding hydrogens is 949 g/mol. The number of anilines is 1. The van der Waals surface area contributed by atoms with Gasteiger partial charge >= 0.3 is 12.1 Å². The van der Waals surface area contributed by atoms with Crippen molar-refractivity contribution in [3.05, 3.63) is 65.7 Å². The van der Waals surface area contributed by atoms with Crippen LogP contribution in [-0.4, -0.2) is 145 Å². The lowest BCUT2D eigenvalue weighted by molar-refractivity contribution is -0.146. The van der Waals surface area contributed by atoms with Gasteiger partial charge in [-0.05, 0) is 86.5 Å². The van der Waals surface area contributed by atoms with Crippen molar-refractivity contribution in [2.45, 2.75) is 156 Å². The van der Waals surface area contributed by atoms with Crippen molar-refractivity contribution < 1.29 is 47.8 Å². The lowest BCUT2D eigenvalue weighted by Gasteiger charge is -2.40. The number of hydrogen-bond donors (Lipinski definition) is 7. The van der Waals surface area contributed by atoms with Crippen molar-refractivity contribution in [3.8, 4) is 0 Å². The Labute approximate surface area is 438 Å². The molecule has 0 bridgehead atoms. The fraction of sp³-hybridized carbons (Fsp3) is 0.630. The SMILES string of the molecule is CC[C@H](C)[C@@H]([C@@H](CC(=O)N1CCC[C@H]1C[C@@H](C)C(=O)N[C@H](C)Cc1ccccc1)OC)N(C)C(=O)[C@@H](NC(=O)[C@H](C(C)C)N(C)C(=O)OCc1ccc(NC(=O)[C@H](CCCNC(N)=O)NC(=O)CN)cc1)C(C)C. The zero-order chi connectivity index (χ0) is 55.2. The number of methoxy groups -OCH3 is 1. The average Bonchev–Trinajstić information content (AvgIpc) is 3.83. The summed E-state index contributed by atoms with van der Waals surface area (Å²) in [4.78, 5) is 111. The molecule has 0 radical (unpaired) electrons. The normalized spacial score (nSPS) is 16.6. The molecule has 0 saturated carbocycles. The van der Waals surface area contributed by atoms with E-state index < -0.39 is 60.1 Å². The van der Waals surface area contributed by atoms with Crippen LogP contribution in [0.5, 0.6) is 0 Å². The van der Waals surface area contributed by atoms with Crippen LogP contribution < -0.4 is 38.1 Å². The van der Waals surface area contributed by atoms with Gasteiger partial charge in [-0.2, -0.15) is 0 Å². The summed E-state index contributed by atoms with van der Waals surface area (Å²) in [6.07, 6.45) is 2.67. The molecule has 1 fully saturated rings. The van der Waals surface area contributed by atoms with Gasteiger partial charge in [0.15, 0.2) is 0 Å². The molecule has 9 N–H and O–H groups in total. The van der Waals surface area contributed by atoms with Crippen molar-refractivity contribution in [2.24, 2.45) is 35.1 Å². The quantitative estimate of drug-likeness (QED) is 0.0565. The first-order valence-corrected chi connectivity index (χ1v) is 26.1. The molecule has 0 unspecified atom stereocenters. The van der Waals surface area contributed by atoms with Crippen molar-refractivity contribution in [1.82, 2.24) is 36.0 Å². The molecule has 0 spiro atoms. The smallest absolute Gasteiger partial charge is 0.410 e. The molecule has 2 aromatic rings. The Hall–Kier alpha value is -6.28. The van der Waals surface area contributed by atoms with Gasteiger partial charge in [0.1, 0.15) is 24.7 Å². The Morgan fingerprint density at radius 3 is 2.05 bits per heavy atom. The summed E-state index contributed by atoms with van der Waals surface area (Å²) < 4.78 is 11.7. The number of rotatable bonds is 29. The first-order chi connectivity index (χ1) is 35.0. The Morgan fingerprint density at radius 1 is 0.811 bits per heavy atom. The van der Waals surface area contributed by atoms with E-state index in [2.05, 4.69) is 26.6 Å². The molecule has 20 heteroatoms. The molecule has 0 aliphatic carbocycles. The largest absolute Gasteiger partial charge is 0.445 e. The van der Waals surface area contributed by atoms with E-state index in [9.17, 15) is 38.4 Å². The second kappa shape index (κ2) is 30.8. The third kappa shape index (κ3) is 19.2. The van der Waals surface area contributed by atoms with Crippen molar-refractivity contribution in [2.75, 3.05) is 46.2 Å². The van der Waals surface area contributed by atoms with Crippen LogP contribution in [0.3, 0.4) is 0 Å². The van der Waals surface area contributed by atoms with Gasteiger partial charge in [-0.15, -0.1) is 0 Å². The number of benzene rings is 2. The summed E-state index contributed by atoms with van der Waals surface area (Å²) in [5.41, 5.74) is 12.7. The fourth-order valence-electron chi connectivity index (χ4n) is 9.56. The molecular formula is C54H86N10O10. The lowest BCUT2D eigenvalue weighted by Crippen LogP contribution is -2.60. The van der Waals surface area contributed by atoms with Gasteiger partial charge < -0.3 is 57.3 Å². The van der Waals surface area contributed by atoms with E-state index in [0.717, 1.165) is 24.8 Å². The monoisotopic (exact) mass is 1030 g/mol. The number of ether oxygens (including phenoxy) is 2. The maximum absolute atomic E-state index is 14.6. The third-order valence-electron chi connectivity index (χ3n) is 13.9. The number of nitrogens with zero attached hydrogens (tertiary/aromatic N) is 3. The van der Waals surface area contributed by atoms with Gasteiger partial charge in [0.25, 0.3) is 0 Å². The van der Waals surface area contributed by atoms with Gasteiger partial charge in [-0.25, -0.2) is 9.59 Å². The Bertz CT molecular complexity index is 2140. The number of carbonyl (C=O) groups excluding carboxylic acids is 8. The zero-order valence-electron chi connectivity index (χ0n) is 45.6. The third-order valence-corrected chi connectivity index (χ3v) is 13.9. The lowest BCUT2D eigenvalue weighted by atomic mass is 9.89. The van der Waals surface area contributed by atoms with Crippen LogP contribution in [0.25, 0.3) is 0 Å². The maximum Gasteiger partial charge on any atom is 0.410 e. The number of urea groups is 1. The summed E-state index contributed by atoms with van der Waals surface area (Å²) in [7, 11) is 4.67. The summed E-state index contributed by atoms with van der Waals surface area (Å²) >= 11 is 0. The molecule has 9 amide bonds. The number of nitrogens with two attached hydrogens (primary N) is 2. The second-order valence-electron chi connectivity index (χ2n) is 20.5. The second-order valence-corrected chi connectivity index (χ2v) is 20.5. The molecule has 412 valence electrons. The molecule has 9 atom stereocenters. The Kier molecular flexibility index (Phi) is 25.8. The van der Waals surface area contributed by atoms with E-state index in [1.165, 1.54) is 19.1 Å². The van der Waals surface area contributed by atoms with Crippen LogP contribution in [0.1, 0.15) is 111 Å². The summed E-state index contributed by atoms with van der Waals surface area (Å²) in [6, 6.07) is 12.2. The molecule has 2 aromatic carbocycles. The first kappa shape index (κ1) is 62.0. The van der Waals surface area contributed by atoms with Crippen molar-refractivity contribution >= 4 is 53.3 Å². The van der Waals surface area contributed by atoms with Gasteiger partial charge in [0, 0.05) is 58.0 Å². The zero-order valence-corrected chi connectivity index (χ0v) is 45.6. The minimum Gasteiger partial charge on any atom is -0.445 e. The van der Waals surface area contributed by atoms with E-state index in [1.807, 2.05) is 76.8 Å². The van der Waals surface area contributed by atoms with Crippen LogP contribution in [-0.2, 0) is 51.3 Å². The van der Waals surface area contributed by atoms with Crippen LogP contribution in [0.4, 0.5) is 15.3 Å². The van der Waals surface area contributed by atoms with E-state index in [0.29, 0.717) is 37.1 Å². The minimum absolute atomic E-state index is 0.0209. The highest BCUT2D eigenvalue weighted by atomic mass is 16.6. The molecule has 3 rings (SSSR count). The molecule has 1 aliphatic heterocycles. The number of likely N-dealkylation sites (tertiary alicyclic amines) is 1. The number of nitrogens with one attached hydrogen (secondary N) is 5. The number of likely N-dealkylation sites (N-methyl/N-ethyl adjacent to an activating group) is 2. The molecule has 1 saturated heterocycles. The molecule has 74 heavy (non-hydrogen) atoms. The van der Waals surface area contributed by atoms with E-state index in [1.54, 1.807) is 50.1 Å². The van der Waals surface area contributed by atoms with Gasteiger partial charge in [-0.3, -0.25) is 33.7 Å². The van der Waals surface area contributed by atoms with Crippen molar-refractivity contribution in [1.29, 1.82) is 0 Å². The first-order valence-electron chi connectivity index (χ1n) is 26.1. The predicted molar refractivity (Wildman–Crippen MR) is 284 cm³/mol. The van der Waals surface area contributed by atoms with Crippen LogP contribution >= 0.6 is 0 Å². The van der Waals surface area contributed by atoms with Crippen molar-refractivity contribution in [3.63, 3.8) is 0 Å². The Balaban J connectivity index is 1.65. The van der Waals surface area contributed by atoms with E-state index in [4.69, 9.17) is 20.9 Å². The van der Waals surface area contributed by atoms with Crippen LogP contribution in [0.2, 0.25) is 0 Å². The summed E-state index contributed by atoms with van der Waals surface area (Å²) in [5, 5.41) is 13.8. The molecule has 20 nitrogen and oxygen atoms in total. The van der Waals surface area contributed by atoms with Gasteiger partial charge in [0.05, 0.1) is 25.1 Å². The summed E-state index contributed by atoms with van der Waals surface area (Å²) in [5.74, 6) is -3.24. The van der Waals surface area contributed by atoms with Gasteiger partial charge in [0.2, 0.25) is 35.4 Å². The number of amides is 9. The van der Waals surface area contributed by atoms with E-state index >= 15 is 0 Å². The fourth-order valence-corrected chi connectivity index (χ4v) is 9.56. The highest BCUT2D eigenvalue weighted by Gasteiger charge is 2.41. The van der Waals surface area contributed by atoms with Crippen LogP contribution in [0.15, 0.2) is 54.6 Å². The van der Waals surface area contributed by atoms with Crippen LogP contribution in [0, 0.1) is 23.7 Å². The van der Waals surface area contributed by atoms with Gasteiger partial charge in [-0.1, -0.05) is 97.4 Å². The average molecular weight is 1040 g/mol. The summed E-state index contributed by atoms with van der Waals surface area (Å²) in [6.45, 7) is 15.5.